The highest BCUT2D eigenvalue weighted by atomic mass is 32.2. The molecule has 2 heterocycles. The van der Waals surface area contributed by atoms with Gasteiger partial charge in [-0.1, -0.05) is 24.3 Å². The molecule has 3 aromatic carbocycles. The molecule has 0 unspecified atom stereocenters. The van der Waals surface area contributed by atoms with Crippen molar-refractivity contribution in [1.29, 1.82) is 0 Å². The van der Waals surface area contributed by atoms with Crippen molar-refractivity contribution in [1.82, 2.24) is 14.8 Å². The van der Waals surface area contributed by atoms with Crippen LogP contribution in [-0.2, 0) is 9.84 Å². The van der Waals surface area contributed by atoms with Crippen molar-refractivity contribution < 1.29 is 13.2 Å². The number of hydrogen-bond acceptors (Lipinski definition) is 7. The number of aromatic nitrogens is 2. The average Bonchev–Trinajstić information content (AvgIpc) is 3.27. The first kappa shape index (κ1) is 22.9. The number of nitrogen functional groups attached to an aromatic ring is 1. The Labute approximate surface area is 203 Å². The van der Waals surface area contributed by atoms with Crippen molar-refractivity contribution >= 4 is 38.0 Å². The smallest absolute Gasteiger partial charge is 0.273 e. The molecule has 0 saturated carbocycles. The van der Waals surface area contributed by atoms with Crippen LogP contribution in [0.2, 0.25) is 0 Å². The minimum Gasteiger partial charge on any atom is -0.396 e. The standard InChI is InChI=1S/C25H26N6O3S/c1-29-12-14-30(15-13-29)23-9-5-8-21(24(23)26)25(32)28-31-22-11-10-20(16-18(22)17-27-31)35(33,34)19-6-3-2-4-7-19/h2-11,16-17H,12-15,26H2,1H3,(H,28,32). The Morgan fingerprint density at radius 3 is 2.43 bits per heavy atom. The maximum atomic E-state index is 13.1. The molecule has 0 radical (unpaired) electrons. The van der Waals surface area contributed by atoms with Crippen LogP contribution in [0.25, 0.3) is 10.9 Å². The number of carbonyl (C=O) groups excluding carboxylic acids is 1. The number of likely N-dealkylation sites (N-methyl/N-ethyl adjacent to an activating group) is 1. The van der Waals surface area contributed by atoms with Gasteiger partial charge in [0, 0.05) is 31.6 Å². The van der Waals surface area contributed by atoms with Crippen LogP contribution in [0.3, 0.4) is 0 Å². The zero-order valence-corrected chi connectivity index (χ0v) is 20.1. The van der Waals surface area contributed by atoms with E-state index in [1.807, 2.05) is 12.1 Å². The molecule has 1 amide bonds. The summed E-state index contributed by atoms with van der Waals surface area (Å²) in [7, 11) is -1.58. The van der Waals surface area contributed by atoms with Gasteiger partial charge in [-0.15, -0.1) is 0 Å². The highest BCUT2D eigenvalue weighted by Crippen LogP contribution is 2.28. The topological polar surface area (TPSA) is 114 Å². The van der Waals surface area contributed by atoms with Gasteiger partial charge in [0.1, 0.15) is 0 Å². The van der Waals surface area contributed by atoms with E-state index in [2.05, 4.69) is 27.4 Å². The Kier molecular flexibility index (Phi) is 5.91. The highest BCUT2D eigenvalue weighted by molar-refractivity contribution is 7.91. The van der Waals surface area contributed by atoms with E-state index in [0.717, 1.165) is 31.9 Å². The van der Waals surface area contributed by atoms with Gasteiger partial charge in [0.2, 0.25) is 9.84 Å². The van der Waals surface area contributed by atoms with Gasteiger partial charge in [0.15, 0.2) is 0 Å². The number of anilines is 2. The van der Waals surface area contributed by atoms with Crippen molar-refractivity contribution in [3.05, 3.63) is 78.5 Å². The summed E-state index contributed by atoms with van der Waals surface area (Å²) in [5, 5.41) is 4.82. The van der Waals surface area contributed by atoms with Crippen LogP contribution in [0, 0.1) is 0 Å². The predicted octanol–water partition coefficient (Wildman–Crippen LogP) is 2.59. The van der Waals surface area contributed by atoms with E-state index in [4.69, 9.17) is 5.73 Å². The number of benzene rings is 3. The van der Waals surface area contributed by atoms with E-state index >= 15 is 0 Å². The fourth-order valence-electron chi connectivity index (χ4n) is 4.23. The second-order valence-corrected chi connectivity index (χ2v) is 10.5. The number of sulfone groups is 1. The highest BCUT2D eigenvalue weighted by Gasteiger charge is 2.21. The van der Waals surface area contributed by atoms with Gasteiger partial charge in [0.05, 0.1) is 38.4 Å². The Balaban J connectivity index is 1.40. The summed E-state index contributed by atoms with van der Waals surface area (Å²) in [6.45, 7) is 3.53. The molecule has 5 rings (SSSR count). The Bertz CT molecular complexity index is 1490. The molecule has 35 heavy (non-hydrogen) atoms. The molecule has 0 atom stereocenters. The van der Waals surface area contributed by atoms with Crippen LogP contribution in [0.5, 0.6) is 0 Å². The van der Waals surface area contributed by atoms with Crippen LogP contribution >= 0.6 is 0 Å². The lowest BCUT2D eigenvalue weighted by molar-refractivity contribution is 0.101. The van der Waals surface area contributed by atoms with E-state index < -0.39 is 15.7 Å². The molecule has 0 bridgehead atoms. The van der Waals surface area contributed by atoms with E-state index in [9.17, 15) is 13.2 Å². The fraction of sp³-hybridized carbons (Fsp3) is 0.200. The molecule has 1 aliphatic heterocycles. The molecule has 3 N–H and O–H groups in total. The maximum Gasteiger partial charge on any atom is 0.273 e. The third kappa shape index (κ3) is 4.33. The Morgan fingerprint density at radius 1 is 0.943 bits per heavy atom. The second kappa shape index (κ2) is 9.05. The first-order chi connectivity index (χ1) is 16.8. The van der Waals surface area contributed by atoms with Gasteiger partial charge >= 0.3 is 0 Å². The number of nitrogens with two attached hydrogens (primary N) is 1. The Hall–Kier alpha value is -3.89. The molecule has 1 aliphatic rings. The monoisotopic (exact) mass is 490 g/mol. The summed E-state index contributed by atoms with van der Waals surface area (Å²) in [4.78, 5) is 19.2. The number of piperazine rings is 1. The van der Waals surface area contributed by atoms with E-state index in [1.54, 1.807) is 48.5 Å². The van der Waals surface area contributed by atoms with Crippen LogP contribution in [0.1, 0.15) is 10.4 Å². The van der Waals surface area contributed by atoms with E-state index in [0.29, 0.717) is 22.2 Å². The maximum absolute atomic E-state index is 13.1. The molecular formula is C25H26N6O3S. The number of hydrogen-bond donors (Lipinski definition) is 2. The van der Waals surface area contributed by atoms with Gasteiger partial charge in [-0.3, -0.25) is 4.79 Å². The van der Waals surface area contributed by atoms with Crippen molar-refractivity contribution in [3.8, 4) is 0 Å². The van der Waals surface area contributed by atoms with Crippen LogP contribution < -0.4 is 16.1 Å². The minimum absolute atomic E-state index is 0.159. The molecule has 0 aliphatic carbocycles. The minimum atomic E-state index is -3.66. The zero-order chi connectivity index (χ0) is 24.6. The second-order valence-electron chi connectivity index (χ2n) is 8.56. The third-order valence-corrected chi connectivity index (χ3v) is 8.05. The van der Waals surface area contributed by atoms with Crippen molar-refractivity contribution in [2.24, 2.45) is 0 Å². The fourth-order valence-corrected chi connectivity index (χ4v) is 5.55. The van der Waals surface area contributed by atoms with E-state index in [1.165, 1.54) is 17.1 Å². The largest absolute Gasteiger partial charge is 0.396 e. The van der Waals surface area contributed by atoms with Gasteiger partial charge in [-0.05, 0) is 49.5 Å². The van der Waals surface area contributed by atoms with Crippen LogP contribution in [0.15, 0.2) is 82.7 Å². The molecular weight excluding hydrogens is 464 g/mol. The first-order valence-corrected chi connectivity index (χ1v) is 12.7. The summed E-state index contributed by atoms with van der Waals surface area (Å²) < 4.78 is 25.9. The van der Waals surface area contributed by atoms with Crippen LogP contribution in [0.4, 0.5) is 11.4 Å². The molecule has 4 aromatic rings. The predicted molar refractivity (Wildman–Crippen MR) is 136 cm³/mol. The molecule has 1 aromatic heterocycles. The Morgan fingerprint density at radius 2 is 1.69 bits per heavy atom. The number of rotatable bonds is 5. The first-order valence-electron chi connectivity index (χ1n) is 11.3. The normalized spacial score (nSPS) is 14.8. The number of amides is 1. The zero-order valence-electron chi connectivity index (χ0n) is 19.3. The van der Waals surface area contributed by atoms with Crippen molar-refractivity contribution in [2.75, 3.05) is 49.3 Å². The number of nitrogens with one attached hydrogen (secondary N) is 1. The summed E-state index contributed by atoms with van der Waals surface area (Å²) in [5.74, 6) is -0.399. The quantitative estimate of drug-likeness (QED) is 0.414. The van der Waals surface area contributed by atoms with Gasteiger partial charge in [-0.2, -0.15) is 9.89 Å². The van der Waals surface area contributed by atoms with Gasteiger partial charge in [-0.25, -0.2) is 13.8 Å². The molecule has 0 spiro atoms. The van der Waals surface area contributed by atoms with Crippen molar-refractivity contribution in [3.63, 3.8) is 0 Å². The summed E-state index contributed by atoms with van der Waals surface area (Å²) in [5.41, 5.74) is 11.3. The number of carbonyl (C=O) groups is 1. The number of para-hydroxylation sites is 1. The molecule has 1 fully saturated rings. The molecule has 180 valence electrons. The summed E-state index contributed by atoms with van der Waals surface area (Å²) in [6.07, 6.45) is 1.52. The summed E-state index contributed by atoms with van der Waals surface area (Å²) in [6, 6.07) is 18.4. The number of nitrogens with zero attached hydrogens (tertiary/aromatic N) is 4. The van der Waals surface area contributed by atoms with E-state index in [-0.39, 0.29) is 9.79 Å². The summed E-state index contributed by atoms with van der Waals surface area (Å²) >= 11 is 0. The average molecular weight is 491 g/mol. The van der Waals surface area contributed by atoms with Crippen LogP contribution in [-0.4, -0.2) is 62.3 Å². The molecule has 1 saturated heterocycles. The lowest BCUT2D eigenvalue weighted by atomic mass is 10.1. The van der Waals surface area contributed by atoms with Gasteiger partial charge in [0.25, 0.3) is 5.91 Å². The lowest BCUT2D eigenvalue weighted by Crippen LogP contribution is -2.44. The SMILES string of the molecule is CN1CCN(c2cccc(C(=O)Nn3ncc4cc(S(=O)(=O)c5ccccc5)ccc43)c2N)CC1. The van der Waals surface area contributed by atoms with Crippen molar-refractivity contribution in [2.45, 2.75) is 9.79 Å². The molecule has 10 heteroatoms. The van der Waals surface area contributed by atoms with Gasteiger partial charge < -0.3 is 15.5 Å². The third-order valence-electron chi connectivity index (χ3n) is 6.28. The molecule has 9 nitrogen and oxygen atoms in total. The lowest BCUT2D eigenvalue weighted by Gasteiger charge is -2.35. The number of fused-ring (bicyclic) bond motifs is 1.